The van der Waals surface area contributed by atoms with Crippen LogP contribution >= 0.6 is 0 Å². The molecule has 2 rings (SSSR count). The Morgan fingerprint density at radius 3 is 2.92 bits per heavy atom. The van der Waals surface area contributed by atoms with Crippen LogP contribution in [0.5, 0.6) is 5.75 Å². The standard InChI is InChI=1S/C19H27N3O3/c1-4-21(2)18(23)14-16-19(24)20-11-13-22(16)12-7-9-15-8-5-6-10-17(15)25-3/h5-10,16H,4,11-14H2,1-3H3,(H,20,24)/b9-7+/t16-/m0/s1. The highest BCUT2D eigenvalue weighted by Gasteiger charge is 2.31. The first-order chi connectivity index (χ1) is 12.1. The summed E-state index contributed by atoms with van der Waals surface area (Å²) >= 11 is 0. The first-order valence-corrected chi connectivity index (χ1v) is 8.62. The fourth-order valence-corrected chi connectivity index (χ4v) is 2.82. The van der Waals surface area contributed by atoms with Crippen molar-refractivity contribution in [1.82, 2.24) is 15.1 Å². The molecule has 0 aliphatic carbocycles. The van der Waals surface area contributed by atoms with Crippen molar-refractivity contribution < 1.29 is 14.3 Å². The van der Waals surface area contributed by atoms with E-state index in [0.717, 1.165) is 17.9 Å². The monoisotopic (exact) mass is 345 g/mol. The minimum absolute atomic E-state index is 0.0109. The van der Waals surface area contributed by atoms with Gasteiger partial charge in [-0.3, -0.25) is 14.5 Å². The van der Waals surface area contributed by atoms with Gasteiger partial charge in [0.1, 0.15) is 5.75 Å². The topological polar surface area (TPSA) is 61.9 Å². The fraction of sp³-hybridized carbons (Fsp3) is 0.474. The predicted octanol–water partition coefficient (Wildman–Crippen LogP) is 1.38. The summed E-state index contributed by atoms with van der Waals surface area (Å²) in [5.41, 5.74) is 0.991. The third-order valence-electron chi connectivity index (χ3n) is 4.49. The number of rotatable bonds is 7. The molecule has 6 heteroatoms. The lowest BCUT2D eigenvalue weighted by Gasteiger charge is -2.34. The van der Waals surface area contributed by atoms with E-state index in [1.54, 1.807) is 19.1 Å². The van der Waals surface area contributed by atoms with Gasteiger partial charge in [-0.05, 0) is 13.0 Å². The Balaban J connectivity index is 2.03. The lowest BCUT2D eigenvalue weighted by Crippen LogP contribution is -2.56. The number of para-hydroxylation sites is 1. The van der Waals surface area contributed by atoms with Crippen molar-refractivity contribution in [2.24, 2.45) is 0 Å². The molecule has 136 valence electrons. The Kier molecular flexibility index (Phi) is 7.01. The van der Waals surface area contributed by atoms with Gasteiger partial charge in [0.05, 0.1) is 19.6 Å². The molecule has 1 fully saturated rings. The molecule has 1 N–H and O–H groups in total. The van der Waals surface area contributed by atoms with E-state index in [-0.39, 0.29) is 18.2 Å². The molecule has 0 unspecified atom stereocenters. The number of hydrogen-bond donors (Lipinski definition) is 1. The predicted molar refractivity (Wildman–Crippen MR) is 98.3 cm³/mol. The van der Waals surface area contributed by atoms with Gasteiger partial charge >= 0.3 is 0 Å². The minimum Gasteiger partial charge on any atom is -0.496 e. The highest BCUT2D eigenvalue weighted by Crippen LogP contribution is 2.19. The molecule has 1 aromatic carbocycles. The zero-order chi connectivity index (χ0) is 18.2. The van der Waals surface area contributed by atoms with Crippen molar-refractivity contribution in [3.63, 3.8) is 0 Å². The molecule has 0 saturated carbocycles. The summed E-state index contributed by atoms with van der Waals surface area (Å²) < 4.78 is 5.34. The molecule has 25 heavy (non-hydrogen) atoms. The van der Waals surface area contributed by atoms with Crippen LogP contribution in [0.15, 0.2) is 30.3 Å². The van der Waals surface area contributed by atoms with E-state index in [1.807, 2.05) is 48.2 Å². The van der Waals surface area contributed by atoms with Gasteiger partial charge in [-0.15, -0.1) is 0 Å². The van der Waals surface area contributed by atoms with Crippen LogP contribution in [-0.2, 0) is 9.59 Å². The summed E-state index contributed by atoms with van der Waals surface area (Å²) in [5, 5.41) is 2.86. The summed E-state index contributed by atoms with van der Waals surface area (Å²) in [5.74, 6) is 0.726. The average Bonchev–Trinajstić information content (AvgIpc) is 2.63. The normalized spacial score (nSPS) is 18.2. The van der Waals surface area contributed by atoms with Crippen LogP contribution in [0, 0.1) is 0 Å². The Labute approximate surface area is 149 Å². The number of benzene rings is 1. The van der Waals surface area contributed by atoms with Crippen molar-refractivity contribution in [2.45, 2.75) is 19.4 Å². The van der Waals surface area contributed by atoms with Crippen molar-refractivity contribution in [2.75, 3.05) is 40.3 Å². The molecule has 1 saturated heterocycles. The number of nitrogens with one attached hydrogen (secondary N) is 1. The maximum absolute atomic E-state index is 12.2. The lowest BCUT2D eigenvalue weighted by atomic mass is 10.1. The van der Waals surface area contributed by atoms with Crippen molar-refractivity contribution in [3.05, 3.63) is 35.9 Å². The number of carbonyl (C=O) groups excluding carboxylic acids is 2. The van der Waals surface area contributed by atoms with Gasteiger partial charge in [0.2, 0.25) is 11.8 Å². The van der Waals surface area contributed by atoms with Gasteiger partial charge in [0, 0.05) is 38.8 Å². The van der Waals surface area contributed by atoms with Crippen LogP contribution in [-0.4, -0.2) is 68.0 Å². The number of methoxy groups -OCH3 is 1. The molecule has 1 aliphatic rings. The van der Waals surface area contributed by atoms with E-state index in [1.165, 1.54) is 0 Å². The van der Waals surface area contributed by atoms with Crippen LogP contribution in [0.4, 0.5) is 0 Å². The highest BCUT2D eigenvalue weighted by molar-refractivity contribution is 5.88. The maximum atomic E-state index is 12.2. The summed E-state index contributed by atoms with van der Waals surface area (Å²) in [6, 6.07) is 7.36. The molecule has 1 aliphatic heterocycles. The SMILES string of the molecule is CCN(C)C(=O)C[C@H]1C(=O)NCCN1C/C=C/c1ccccc1OC. The van der Waals surface area contributed by atoms with E-state index >= 15 is 0 Å². The van der Waals surface area contributed by atoms with Gasteiger partial charge in [0.25, 0.3) is 0 Å². The molecule has 0 aromatic heterocycles. The van der Waals surface area contributed by atoms with Crippen LogP contribution in [0.1, 0.15) is 18.9 Å². The third kappa shape index (κ3) is 5.06. The maximum Gasteiger partial charge on any atom is 0.237 e. The van der Waals surface area contributed by atoms with E-state index in [2.05, 4.69) is 5.32 Å². The summed E-state index contributed by atoms with van der Waals surface area (Å²) in [7, 11) is 3.41. The Morgan fingerprint density at radius 2 is 2.20 bits per heavy atom. The molecule has 0 bridgehead atoms. The van der Waals surface area contributed by atoms with Crippen LogP contribution in [0.2, 0.25) is 0 Å². The number of carbonyl (C=O) groups is 2. The molecule has 0 radical (unpaired) electrons. The van der Waals surface area contributed by atoms with E-state index in [0.29, 0.717) is 19.6 Å². The van der Waals surface area contributed by atoms with Gasteiger partial charge in [-0.25, -0.2) is 0 Å². The fourth-order valence-electron chi connectivity index (χ4n) is 2.82. The Hall–Kier alpha value is -2.34. The van der Waals surface area contributed by atoms with E-state index in [4.69, 9.17) is 4.74 Å². The number of piperazine rings is 1. The number of amides is 2. The van der Waals surface area contributed by atoms with Gasteiger partial charge in [-0.1, -0.05) is 30.4 Å². The summed E-state index contributed by atoms with van der Waals surface area (Å²) in [6.45, 7) is 4.51. The molecular formula is C19H27N3O3. The molecular weight excluding hydrogens is 318 g/mol. The average molecular weight is 345 g/mol. The zero-order valence-electron chi connectivity index (χ0n) is 15.2. The minimum atomic E-state index is -0.419. The Morgan fingerprint density at radius 1 is 1.44 bits per heavy atom. The van der Waals surface area contributed by atoms with Gasteiger partial charge in [-0.2, -0.15) is 0 Å². The molecule has 2 amide bonds. The lowest BCUT2D eigenvalue weighted by molar-refractivity contribution is -0.137. The first kappa shape index (κ1) is 19.0. The van der Waals surface area contributed by atoms with Gasteiger partial charge < -0.3 is 15.0 Å². The Bertz CT molecular complexity index is 630. The second-order valence-electron chi connectivity index (χ2n) is 6.06. The largest absolute Gasteiger partial charge is 0.496 e. The van der Waals surface area contributed by atoms with Gasteiger partial charge in [0.15, 0.2) is 0 Å². The quantitative estimate of drug-likeness (QED) is 0.811. The molecule has 6 nitrogen and oxygen atoms in total. The molecule has 0 spiro atoms. The third-order valence-corrected chi connectivity index (χ3v) is 4.49. The second-order valence-corrected chi connectivity index (χ2v) is 6.06. The molecule has 1 heterocycles. The highest BCUT2D eigenvalue weighted by atomic mass is 16.5. The number of ether oxygens (including phenoxy) is 1. The van der Waals surface area contributed by atoms with E-state index in [9.17, 15) is 9.59 Å². The molecule has 1 aromatic rings. The van der Waals surface area contributed by atoms with Crippen molar-refractivity contribution >= 4 is 17.9 Å². The van der Waals surface area contributed by atoms with Crippen molar-refractivity contribution in [3.8, 4) is 5.75 Å². The first-order valence-electron chi connectivity index (χ1n) is 8.62. The van der Waals surface area contributed by atoms with E-state index < -0.39 is 6.04 Å². The van der Waals surface area contributed by atoms with Crippen LogP contribution < -0.4 is 10.1 Å². The number of hydrogen-bond acceptors (Lipinski definition) is 4. The second kappa shape index (κ2) is 9.22. The summed E-state index contributed by atoms with van der Waals surface area (Å²) in [6.07, 6.45) is 4.21. The summed E-state index contributed by atoms with van der Waals surface area (Å²) in [4.78, 5) is 28.1. The molecule has 1 atom stereocenters. The van der Waals surface area contributed by atoms with Crippen molar-refractivity contribution in [1.29, 1.82) is 0 Å². The van der Waals surface area contributed by atoms with Crippen LogP contribution in [0.3, 0.4) is 0 Å². The number of nitrogens with zero attached hydrogens (tertiary/aromatic N) is 2. The van der Waals surface area contributed by atoms with Crippen LogP contribution in [0.25, 0.3) is 6.08 Å². The zero-order valence-corrected chi connectivity index (χ0v) is 15.2. The smallest absolute Gasteiger partial charge is 0.237 e.